The van der Waals surface area contributed by atoms with Crippen LogP contribution >= 0.6 is 0 Å². The highest BCUT2D eigenvalue weighted by Crippen LogP contribution is 2.24. The number of fused-ring (bicyclic) bond motifs is 1. The van der Waals surface area contributed by atoms with Gasteiger partial charge in [0.15, 0.2) is 0 Å². The molecule has 0 aliphatic carbocycles. The van der Waals surface area contributed by atoms with Crippen molar-refractivity contribution in [3.8, 4) is 0 Å². The van der Waals surface area contributed by atoms with Crippen molar-refractivity contribution in [1.29, 1.82) is 0 Å². The summed E-state index contributed by atoms with van der Waals surface area (Å²) in [5.74, 6) is -0.305. The van der Waals surface area contributed by atoms with E-state index in [2.05, 4.69) is 4.98 Å². The number of hydrogen-bond acceptors (Lipinski definition) is 3. The Labute approximate surface area is 113 Å². The summed E-state index contributed by atoms with van der Waals surface area (Å²) in [6, 6.07) is 7.83. The molecular weight excluding hydrogens is 238 g/mol. The maximum absolute atomic E-state index is 12.3. The molecule has 100 valence electrons. The summed E-state index contributed by atoms with van der Waals surface area (Å²) in [5, 5.41) is 0.994. The second-order valence-electron chi connectivity index (χ2n) is 5.72. The zero-order chi connectivity index (χ0) is 14.2. The predicted octanol–water partition coefficient (Wildman–Crippen LogP) is 3.81. The maximum Gasteiger partial charge on any atom is 0.340 e. The van der Waals surface area contributed by atoms with Crippen molar-refractivity contribution < 1.29 is 9.53 Å². The number of aryl methyl sites for hydroxylation is 2. The van der Waals surface area contributed by atoms with Gasteiger partial charge in [0.05, 0.1) is 16.8 Å². The lowest BCUT2D eigenvalue weighted by Crippen LogP contribution is -2.25. The van der Waals surface area contributed by atoms with E-state index in [-0.39, 0.29) is 5.97 Å². The molecule has 0 aliphatic heterocycles. The van der Waals surface area contributed by atoms with Gasteiger partial charge in [0.2, 0.25) is 0 Å². The summed E-state index contributed by atoms with van der Waals surface area (Å²) in [5.41, 5.74) is 2.63. The number of aromatic nitrogens is 1. The SMILES string of the molecule is Cc1nc2ccccc2c(C)c1C(=O)OC(C)(C)C. The molecule has 0 saturated heterocycles. The van der Waals surface area contributed by atoms with E-state index in [1.165, 1.54) is 0 Å². The van der Waals surface area contributed by atoms with Crippen LogP contribution in [0.4, 0.5) is 0 Å². The number of hydrogen-bond donors (Lipinski definition) is 0. The van der Waals surface area contributed by atoms with Gasteiger partial charge in [0.1, 0.15) is 5.60 Å². The summed E-state index contributed by atoms with van der Waals surface area (Å²) in [4.78, 5) is 16.8. The van der Waals surface area contributed by atoms with Gasteiger partial charge in [0, 0.05) is 5.39 Å². The maximum atomic E-state index is 12.3. The quantitative estimate of drug-likeness (QED) is 0.729. The van der Waals surface area contributed by atoms with Crippen molar-refractivity contribution in [3.05, 3.63) is 41.1 Å². The minimum absolute atomic E-state index is 0.305. The fraction of sp³-hybridized carbons (Fsp3) is 0.375. The van der Waals surface area contributed by atoms with Gasteiger partial charge in [-0.05, 0) is 46.2 Å². The minimum atomic E-state index is -0.498. The average molecular weight is 257 g/mol. The number of carbonyl (C=O) groups excluding carboxylic acids is 1. The lowest BCUT2D eigenvalue weighted by atomic mass is 10.0. The molecule has 0 unspecified atom stereocenters. The van der Waals surface area contributed by atoms with Gasteiger partial charge in [-0.25, -0.2) is 4.79 Å². The van der Waals surface area contributed by atoms with E-state index in [0.717, 1.165) is 16.5 Å². The van der Waals surface area contributed by atoms with Gasteiger partial charge in [-0.3, -0.25) is 4.98 Å². The Morgan fingerprint density at radius 3 is 2.42 bits per heavy atom. The molecule has 0 N–H and O–H groups in total. The Morgan fingerprint density at radius 1 is 1.16 bits per heavy atom. The van der Waals surface area contributed by atoms with Crippen LogP contribution in [0.5, 0.6) is 0 Å². The number of para-hydroxylation sites is 1. The van der Waals surface area contributed by atoms with E-state index in [0.29, 0.717) is 11.3 Å². The first-order valence-electron chi connectivity index (χ1n) is 6.39. The second kappa shape index (κ2) is 4.65. The Morgan fingerprint density at radius 2 is 1.79 bits per heavy atom. The first-order chi connectivity index (χ1) is 8.79. The van der Waals surface area contributed by atoms with E-state index in [1.54, 1.807) is 0 Å². The van der Waals surface area contributed by atoms with Crippen LogP contribution in [0.1, 0.15) is 42.4 Å². The highest BCUT2D eigenvalue weighted by atomic mass is 16.6. The smallest absolute Gasteiger partial charge is 0.340 e. The fourth-order valence-corrected chi connectivity index (χ4v) is 2.16. The van der Waals surface area contributed by atoms with E-state index >= 15 is 0 Å². The Bertz CT molecular complexity index is 639. The Kier molecular flexibility index (Phi) is 3.31. The number of ether oxygens (including phenoxy) is 1. The number of esters is 1. The van der Waals surface area contributed by atoms with E-state index in [9.17, 15) is 4.79 Å². The molecule has 0 amide bonds. The third kappa shape index (κ3) is 2.75. The average Bonchev–Trinajstić information content (AvgIpc) is 2.26. The molecule has 3 heteroatoms. The number of carbonyl (C=O) groups is 1. The summed E-state index contributed by atoms with van der Waals surface area (Å²) in [6.45, 7) is 9.38. The van der Waals surface area contributed by atoms with Gasteiger partial charge >= 0.3 is 5.97 Å². The van der Waals surface area contributed by atoms with Gasteiger partial charge in [-0.2, -0.15) is 0 Å². The van der Waals surface area contributed by atoms with Crippen LogP contribution in [0.2, 0.25) is 0 Å². The molecule has 0 fully saturated rings. The van der Waals surface area contributed by atoms with Crippen molar-refractivity contribution in [2.24, 2.45) is 0 Å². The van der Waals surface area contributed by atoms with Crippen molar-refractivity contribution in [2.45, 2.75) is 40.2 Å². The zero-order valence-electron chi connectivity index (χ0n) is 12.1. The molecule has 19 heavy (non-hydrogen) atoms. The van der Waals surface area contributed by atoms with E-state index in [1.807, 2.05) is 58.9 Å². The van der Waals surface area contributed by atoms with Crippen molar-refractivity contribution in [1.82, 2.24) is 4.98 Å². The molecule has 1 aromatic heterocycles. The van der Waals surface area contributed by atoms with Crippen LogP contribution in [-0.2, 0) is 4.74 Å². The first-order valence-corrected chi connectivity index (χ1v) is 6.39. The summed E-state index contributed by atoms with van der Waals surface area (Å²) in [6.07, 6.45) is 0. The predicted molar refractivity (Wildman–Crippen MR) is 76.4 cm³/mol. The molecule has 0 aliphatic rings. The molecular formula is C16H19NO2. The van der Waals surface area contributed by atoms with Gasteiger partial charge in [0.25, 0.3) is 0 Å². The normalized spacial score (nSPS) is 11.6. The van der Waals surface area contributed by atoms with E-state index in [4.69, 9.17) is 4.74 Å². The lowest BCUT2D eigenvalue weighted by molar-refractivity contribution is 0.00677. The number of rotatable bonds is 1. The molecule has 1 aromatic carbocycles. The topological polar surface area (TPSA) is 39.2 Å². The molecule has 0 spiro atoms. The third-order valence-electron chi connectivity index (χ3n) is 2.94. The molecule has 1 heterocycles. The molecule has 0 atom stereocenters. The zero-order valence-corrected chi connectivity index (χ0v) is 12.1. The van der Waals surface area contributed by atoms with E-state index < -0.39 is 5.60 Å². The molecule has 3 nitrogen and oxygen atoms in total. The highest BCUT2D eigenvalue weighted by molar-refractivity contribution is 5.98. The molecule has 0 bridgehead atoms. The number of pyridine rings is 1. The van der Waals surface area contributed by atoms with Gasteiger partial charge in [-0.1, -0.05) is 18.2 Å². The van der Waals surface area contributed by atoms with Crippen LogP contribution in [0.15, 0.2) is 24.3 Å². The summed E-state index contributed by atoms with van der Waals surface area (Å²) < 4.78 is 5.46. The Balaban J connectivity index is 2.58. The fourth-order valence-electron chi connectivity index (χ4n) is 2.16. The summed E-state index contributed by atoms with van der Waals surface area (Å²) >= 11 is 0. The van der Waals surface area contributed by atoms with Crippen molar-refractivity contribution >= 4 is 16.9 Å². The third-order valence-corrected chi connectivity index (χ3v) is 2.94. The van der Waals surface area contributed by atoms with Crippen LogP contribution < -0.4 is 0 Å². The monoisotopic (exact) mass is 257 g/mol. The van der Waals surface area contributed by atoms with Crippen LogP contribution in [-0.4, -0.2) is 16.6 Å². The standard InChI is InChI=1S/C16H19NO2/c1-10-12-8-6-7-9-13(12)17-11(2)14(10)15(18)19-16(3,4)5/h6-9H,1-5H3. The number of benzene rings is 1. The lowest BCUT2D eigenvalue weighted by Gasteiger charge is -2.21. The van der Waals surface area contributed by atoms with Crippen LogP contribution in [0.3, 0.4) is 0 Å². The van der Waals surface area contributed by atoms with Gasteiger partial charge < -0.3 is 4.74 Å². The number of nitrogens with zero attached hydrogens (tertiary/aromatic N) is 1. The van der Waals surface area contributed by atoms with Crippen molar-refractivity contribution in [2.75, 3.05) is 0 Å². The first kappa shape index (κ1) is 13.5. The molecule has 2 aromatic rings. The highest BCUT2D eigenvalue weighted by Gasteiger charge is 2.22. The van der Waals surface area contributed by atoms with Crippen LogP contribution in [0, 0.1) is 13.8 Å². The largest absolute Gasteiger partial charge is 0.456 e. The van der Waals surface area contributed by atoms with Crippen LogP contribution in [0.25, 0.3) is 10.9 Å². The van der Waals surface area contributed by atoms with Gasteiger partial charge in [-0.15, -0.1) is 0 Å². The van der Waals surface area contributed by atoms with Crippen molar-refractivity contribution in [3.63, 3.8) is 0 Å². The Hall–Kier alpha value is -1.90. The summed E-state index contributed by atoms with van der Waals surface area (Å²) in [7, 11) is 0. The molecule has 0 saturated carbocycles. The molecule has 2 rings (SSSR count). The second-order valence-corrected chi connectivity index (χ2v) is 5.72. The minimum Gasteiger partial charge on any atom is -0.456 e. The molecule has 0 radical (unpaired) electrons.